The lowest BCUT2D eigenvalue weighted by molar-refractivity contribution is -0.143. The van der Waals surface area contributed by atoms with Crippen LogP contribution >= 0.6 is 0 Å². The van der Waals surface area contributed by atoms with Gasteiger partial charge in [0.1, 0.15) is 5.54 Å². The molecule has 0 aromatic heterocycles. The van der Waals surface area contributed by atoms with Crippen LogP contribution < -0.4 is 5.32 Å². The number of carbonyl (C=O) groups is 2. The van der Waals surface area contributed by atoms with Gasteiger partial charge in [0, 0.05) is 25.7 Å². The first-order valence-corrected chi connectivity index (χ1v) is 5.75. The number of amides is 2. The van der Waals surface area contributed by atoms with Gasteiger partial charge >= 0.3 is 12.0 Å². The van der Waals surface area contributed by atoms with Crippen LogP contribution in [0.15, 0.2) is 0 Å². The fourth-order valence-electron chi connectivity index (χ4n) is 1.63. The van der Waals surface area contributed by atoms with Gasteiger partial charge < -0.3 is 20.2 Å². The van der Waals surface area contributed by atoms with E-state index in [0.29, 0.717) is 19.1 Å². The number of carboxylic acid groups (broad SMARTS) is 1. The second kappa shape index (κ2) is 4.91. The van der Waals surface area contributed by atoms with E-state index in [2.05, 4.69) is 10.2 Å². The molecule has 0 aromatic carbocycles. The first-order chi connectivity index (χ1) is 7.74. The summed E-state index contributed by atoms with van der Waals surface area (Å²) in [5.74, 6) is -1.03. The molecule has 6 heteroatoms. The monoisotopic (exact) mass is 243 g/mol. The molecule has 1 atom stereocenters. The van der Waals surface area contributed by atoms with Crippen molar-refractivity contribution in [1.29, 1.82) is 0 Å². The number of likely N-dealkylation sites (N-methyl/N-ethyl adjacent to an activating group) is 1. The third kappa shape index (κ3) is 3.33. The van der Waals surface area contributed by atoms with E-state index < -0.39 is 11.5 Å². The highest BCUT2D eigenvalue weighted by Crippen LogP contribution is 2.09. The van der Waals surface area contributed by atoms with Gasteiger partial charge in [0.05, 0.1) is 0 Å². The number of urea groups is 1. The van der Waals surface area contributed by atoms with E-state index >= 15 is 0 Å². The number of rotatable bonds is 2. The summed E-state index contributed by atoms with van der Waals surface area (Å²) >= 11 is 0. The van der Waals surface area contributed by atoms with E-state index in [4.69, 9.17) is 5.11 Å². The van der Waals surface area contributed by atoms with Gasteiger partial charge in [-0.1, -0.05) is 0 Å². The summed E-state index contributed by atoms with van der Waals surface area (Å²) in [6.07, 6.45) is 0. The Morgan fingerprint density at radius 2 is 1.94 bits per heavy atom. The molecule has 0 radical (unpaired) electrons. The molecule has 1 aliphatic heterocycles. The normalized spacial score (nSPS) is 22.4. The zero-order chi connectivity index (χ0) is 13.2. The maximum atomic E-state index is 11.9. The van der Waals surface area contributed by atoms with Crippen LogP contribution in [-0.2, 0) is 4.79 Å². The largest absolute Gasteiger partial charge is 0.480 e. The lowest BCUT2D eigenvalue weighted by Crippen LogP contribution is -2.59. The summed E-state index contributed by atoms with van der Waals surface area (Å²) in [5.41, 5.74) is -1.23. The molecule has 1 rings (SSSR count). The molecule has 6 nitrogen and oxygen atoms in total. The zero-order valence-electron chi connectivity index (χ0n) is 10.9. The second-order valence-corrected chi connectivity index (χ2v) is 5.14. The molecule has 0 spiro atoms. The minimum atomic E-state index is -1.23. The van der Waals surface area contributed by atoms with Crippen molar-refractivity contribution in [2.24, 2.45) is 0 Å². The molecule has 1 fully saturated rings. The van der Waals surface area contributed by atoms with Gasteiger partial charge in [-0.2, -0.15) is 0 Å². The van der Waals surface area contributed by atoms with Crippen LogP contribution in [0.1, 0.15) is 20.8 Å². The molecule has 17 heavy (non-hydrogen) atoms. The molecule has 0 saturated carbocycles. The summed E-state index contributed by atoms with van der Waals surface area (Å²) in [4.78, 5) is 26.7. The maximum Gasteiger partial charge on any atom is 0.328 e. The van der Waals surface area contributed by atoms with Crippen LogP contribution in [0.3, 0.4) is 0 Å². The number of nitrogens with one attached hydrogen (secondary N) is 1. The molecule has 0 bridgehead atoms. The lowest BCUT2D eigenvalue weighted by Gasteiger charge is -2.38. The Hall–Kier alpha value is -1.30. The first kappa shape index (κ1) is 13.8. The highest BCUT2D eigenvalue weighted by Gasteiger charge is 2.32. The summed E-state index contributed by atoms with van der Waals surface area (Å²) in [6.45, 7) is 7.06. The number of piperazine rings is 1. The molecular formula is C11H21N3O3. The number of hydrogen-bond donors (Lipinski definition) is 2. The minimum Gasteiger partial charge on any atom is -0.480 e. The van der Waals surface area contributed by atoms with Crippen molar-refractivity contribution in [3.05, 3.63) is 0 Å². The third-order valence-corrected chi connectivity index (χ3v) is 3.20. The number of nitrogens with zero attached hydrogens (tertiary/aromatic N) is 2. The number of hydrogen-bond acceptors (Lipinski definition) is 3. The number of carbonyl (C=O) groups excluding carboxylic acids is 1. The van der Waals surface area contributed by atoms with Crippen molar-refractivity contribution in [1.82, 2.24) is 15.1 Å². The van der Waals surface area contributed by atoms with E-state index in [-0.39, 0.29) is 6.03 Å². The average molecular weight is 243 g/mol. The predicted molar refractivity (Wildman–Crippen MR) is 63.9 cm³/mol. The van der Waals surface area contributed by atoms with E-state index in [1.54, 1.807) is 4.90 Å². The molecule has 98 valence electrons. The fraction of sp³-hybridized carbons (Fsp3) is 0.818. The molecule has 1 aliphatic rings. The number of aliphatic carboxylic acids is 1. The molecule has 1 heterocycles. The SMILES string of the molecule is CC1CN(C(=O)NC(C)(C)C(=O)O)CCN1C. The van der Waals surface area contributed by atoms with Gasteiger partial charge in [-0.3, -0.25) is 0 Å². The molecular weight excluding hydrogens is 222 g/mol. The highest BCUT2D eigenvalue weighted by atomic mass is 16.4. The average Bonchev–Trinajstić information content (AvgIpc) is 2.21. The lowest BCUT2D eigenvalue weighted by atomic mass is 10.1. The Bertz CT molecular complexity index is 317. The predicted octanol–water partition coefficient (Wildman–Crippen LogP) is 0.195. The maximum absolute atomic E-state index is 11.9. The minimum absolute atomic E-state index is 0.294. The van der Waals surface area contributed by atoms with Gasteiger partial charge in [-0.25, -0.2) is 9.59 Å². The molecule has 0 aromatic rings. The van der Waals surface area contributed by atoms with Crippen LogP contribution in [0.5, 0.6) is 0 Å². The first-order valence-electron chi connectivity index (χ1n) is 5.75. The van der Waals surface area contributed by atoms with Crippen LogP contribution in [0, 0.1) is 0 Å². The van der Waals surface area contributed by atoms with Crippen LogP contribution in [-0.4, -0.2) is 65.2 Å². The molecule has 2 N–H and O–H groups in total. The second-order valence-electron chi connectivity index (χ2n) is 5.14. The Morgan fingerprint density at radius 3 is 2.41 bits per heavy atom. The van der Waals surface area contributed by atoms with Gasteiger partial charge in [0.15, 0.2) is 0 Å². The Balaban J connectivity index is 2.57. The fourth-order valence-corrected chi connectivity index (χ4v) is 1.63. The third-order valence-electron chi connectivity index (χ3n) is 3.20. The van der Waals surface area contributed by atoms with Gasteiger partial charge in [0.25, 0.3) is 0 Å². The Labute approximate surface area is 102 Å². The van der Waals surface area contributed by atoms with Crippen LogP contribution in [0.25, 0.3) is 0 Å². The molecule has 1 saturated heterocycles. The summed E-state index contributed by atoms with van der Waals surface area (Å²) in [7, 11) is 2.01. The standard InChI is InChI=1S/C11H21N3O3/c1-8-7-14(6-5-13(8)4)10(17)12-11(2,3)9(15)16/h8H,5-7H2,1-4H3,(H,12,17)(H,15,16). The summed E-state index contributed by atoms with van der Waals surface area (Å²) in [6, 6.07) is -0.0141. The van der Waals surface area contributed by atoms with Crippen LogP contribution in [0.2, 0.25) is 0 Å². The van der Waals surface area contributed by atoms with Gasteiger partial charge in [0.2, 0.25) is 0 Å². The van der Waals surface area contributed by atoms with Crippen molar-refractivity contribution < 1.29 is 14.7 Å². The van der Waals surface area contributed by atoms with E-state index in [1.165, 1.54) is 13.8 Å². The highest BCUT2D eigenvalue weighted by molar-refractivity contribution is 5.85. The summed E-state index contributed by atoms with van der Waals surface area (Å²) in [5, 5.41) is 11.5. The van der Waals surface area contributed by atoms with Gasteiger partial charge in [-0.15, -0.1) is 0 Å². The van der Waals surface area contributed by atoms with E-state index in [0.717, 1.165) is 6.54 Å². The zero-order valence-corrected chi connectivity index (χ0v) is 10.9. The van der Waals surface area contributed by atoms with Crippen molar-refractivity contribution >= 4 is 12.0 Å². The summed E-state index contributed by atoms with van der Waals surface area (Å²) < 4.78 is 0. The van der Waals surface area contributed by atoms with Crippen molar-refractivity contribution in [3.63, 3.8) is 0 Å². The quantitative estimate of drug-likeness (QED) is 0.726. The number of carboxylic acids is 1. The van der Waals surface area contributed by atoms with Crippen molar-refractivity contribution in [2.45, 2.75) is 32.4 Å². The topological polar surface area (TPSA) is 72.9 Å². The van der Waals surface area contributed by atoms with Crippen molar-refractivity contribution in [3.8, 4) is 0 Å². The Morgan fingerprint density at radius 1 is 1.35 bits per heavy atom. The van der Waals surface area contributed by atoms with E-state index in [9.17, 15) is 9.59 Å². The van der Waals surface area contributed by atoms with Crippen LogP contribution in [0.4, 0.5) is 4.79 Å². The smallest absolute Gasteiger partial charge is 0.328 e. The van der Waals surface area contributed by atoms with Crippen molar-refractivity contribution in [2.75, 3.05) is 26.7 Å². The van der Waals surface area contributed by atoms with E-state index in [1.807, 2.05) is 14.0 Å². The molecule has 1 unspecified atom stereocenters. The van der Waals surface area contributed by atoms with Gasteiger partial charge in [-0.05, 0) is 27.8 Å². The molecule has 2 amide bonds. The Kier molecular flexibility index (Phi) is 3.98. The molecule has 0 aliphatic carbocycles.